The molecule has 1 aromatic rings. The molecule has 0 aliphatic rings. The van der Waals surface area contributed by atoms with E-state index in [0.29, 0.717) is 6.54 Å². The maximum atomic E-state index is 13.2. The number of benzene rings is 1. The second-order valence-corrected chi connectivity index (χ2v) is 3.91. The second kappa shape index (κ2) is 5.79. The van der Waals surface area contributed by atoms with Crippen molar-refractivity contribution in [2.75, 3.05) is 18.4 Å². The first kappa shape index (κ1) is 12.9. The number of anilines is 1. The highest BCUT2D eigenvalue weighted by atomic mass is 79.9. The lowest BCUT2D eigenvalue weighted by Crippen LogP contribution is -2.29. The molecule has 0 saturated heterocycles. The van der Waals surface area contributed by atoms with Gasteiger partial charge in [-0.15, -0.1) is 0 Å². The van der Waals surface area contributed by atoms with Crippen LogP contribution in [0.3, 0.4) is 0 Å². The highest BCUT2D eigenvalue weighted by molar-refractivity contribution is 9.10. The van der Waals surface area contributed by atoms with E-state index in [2.05, 4.69) is 26.6 Å². The fraction of sp³-hybridized carbons (Fsp3) is 0.300. The van der Waals surface area contributed by atoms with Crippen LogP contribution in [0.1, 0.15) is 6.92 Å². The molecule has 0 radical (unpaired) electrons. The van der Waals surface area contributed by atoms with E-state index in [9.17, 15) is 13.6 Å². The van der Waals surface area contributed by atoms with E-state index in [4.69, 9.17) is 0 Å². The molecule has 0 fully saturated rings. The molecule has 0 aliphatic carbocycles. The van der Waals surface area contributed by atoms with E-state index < -0.39 is 11.6 Å². The van der Waals surface area contributed by atoms with E-state index in [1.165, 1.54) is 6.07 Å². The van der Waals surface area contributed by atoms with Gasteiger partial charge in [0.05, 0.1) is 16.7 Å². The number of carbonyl (C=O) groups excluding carboxylic acids is 1. The molecule has 6 heteroatoms. The first-order chi connectivity index (χ1) is 7.54. The van der Waals surface area contributed by atoms with E-state index in [-0.39, 0.29) is 22.6 Å². The van der Waals surface area contributed by atoms with Crippen LogP contribution in [0, 0.1) is 11.6 Å². The third kappa shape index (κ3) is 3.44. The smallest absolute Gasteiger partial charge is 0.239 e. The van der Waals surface area contributed by atoms with Crippen LogP contribution in [0.5, 0.6) is 0 Å². The summed E-state index contributed by atoms with van der Waals surface area (Å²) in [5.41, 5.74) is 0.0829. The number of halogens is 3. The van der Waals surface area contributed by atoms with Crippen LogP contribution < -0.4 is 10.6 Å². The third-order valence-electron chi connectivity index (χ3n) is 1.82. The monoisotopic (exact) mass is 292 g/mol. The van der Waals surface area contributed by atoms with E-state index >= 15 is 0 Å². The van der Waals surface area contributed by atoms with Gasteiger partial charge in [-0.1, -0.05) is 0 Å². The maximum Gasteiger partial charge on any atom is 0.239 e. The van der Waals surface area contributed by atoms with Crippen LogP contribution in [-0.4, -0.2) is 19.0 Å². The summed E-state index contributed by atoms with van der Waals surface area (Å²) in [5.74, 6) is -1.66. The van der Waals surface area contributed by atoms with Gasteiger partial charge in [0.25, 0.3) is 0 Å². The Morgan fingerprint density at radius 3 is 2.69 bits per heavy atom. The lowest BCUT2D eigenvalue weighted by molar-refractivity contribution is -0.119. The van der Waals surface area contributed by atoms with E-state index in [1.807, 2.05) is 0 Å². The summed E-state index contributed by atoms with van der Waals surface area (Å²) in [6.45, 7) is 2.24. The first-order valence-electron chi connectivity index (χ1n) is 4.69. The molecule has 1 rings (SSSR count). The zero-order valence-electron chi connectivity index (χ0n) is 8.61. The average Bonchev–Trinajstić information content (AvgIpc) is 2.22. The molecule has 0 aliphatic heterocycles. The predicted octanol–water partition coefficient (Wildman–Crippen LogP) is 2.28. The molecule has 2 N–H and O–H groups in total. The standard InChI is InChI=1S/C10H11BrF2N2O/c1-2-14-10(16)5-15-9-3-6(11)7(12)4-8(9)13/h3-4,15H,2,5H2,1H3,(H,14,16). The first-order valence-corrected chi connectivity index (χ1v) is 5.49. The summed E-state index contributed by atoms with van der Waals surface area (Å²) in [6, 6.07) is 2.01. The van der Waals surface area contributed by atoms with Gasteiger partial charge < -0.3 is 10.6 Å². The van der Waals surface area contributed by atoms with Gasteiger partial charge in [-0.2, -0.15) is 0 Å². The molecule has 1 aromatic carbocycles. The lowest BCUT2D eigenvalue weighted by Gasteiger charge is -2.08. The molecule has 0 atom stereocenters. The molecule has 0 bridgehead atoms. The van der Waals surface area contributed by atoms with Gasteiger partial charge >= 0.3 is 0 Å². The molecular formula is C10H11BrF2N2O. The van der Waals surface area contributed by atoms with Gasteiger partial charge in [0.2, 0.25) is 5.91 Å². The van der Waals surface area contributed by atoms with Gasteiger partial charge in [0, 0.05) is 12.6 Å². The predicted molar refractivity (Wildman–Crippen MR) is 61.2 cm³/mol. The Morgan fingerprint density at radius 2 is 2.06 bits per heavy atom. The van der Waals surface area contributed by atoms with Crippen LogP contribution in [0.25, 0.3) is 0 Å². The number of amides is 1. The fourth-order valence-corrected chi connectivity index (χ4v) is 1.44. The van der Waals surface area contributed by atoms with Crippen molar-refractivity contribution in [3.63, 3.8) is 0 Å². The average molecular weight is 293 g/mol. The van der Waals surface area contributed by atoms with Crippen molar-refractivity contribution in [1.82, 2.24) is 5.32 Å². The van der Waals surface area contributed by atoms with Gasteiger partial charge in [-0.25, -0.2) is 8.78 Å². The minimum atomic E-state index is -0.731. The van der Waals surface area contributed by atoms with Gasteiger partial charge in [0.15, 0.2) is 0 Å². The summed E-state index contributed by atoms with van der Waals surface area (Å²) in [7, 11) is 0. The zero-order valence-corrected chi connectivity index (χ0v) is 10.2. The zero-order chi connectivity index (χ0) is 12.1. The number of carbonyl (C=O) groups is 1. The fourth-order valence-electron chi connectivity index (χ4n) is 1.09. The van der Waals surface area contributed by atoms with Crippen LogP contribution >= 0.6 is 15.9 Å². The van der Waals surface area contributed by atoms with Gasteiger partial charge in [0.1, 0.15) is 11.6 Å². The minimum absolute atomic E-state index is 0.0527. The Morgan fingerprint density at radius 1 is 1.38 bits per heavy atom. The van der Waals surface area contributed by atoms with Gasteiger partial charge in [-0.3, -0.25) is 4.79 Å². The molecule has 16 heavy (non-hydrogen) atoms. The van der Waals surface area contributed by atoms with Crippen LogP contribution in [-0.2, 0) is 4.79 Å². The Hall–Kier alpha value is -1.17. The summed E-state index contributed by atoms with van der Waals surface area (Å²) in [6.07, 6.45) is 0. The number of rotatable bonds is 4. The van der Waals surface area contributed by atoms with Crippen molar-refractivity contribution in [2.45, 2.75) is 6.92 Å². The molecule has 3 nitrogen and oxygen atoms in total. The van der Waals surface area contributed by atoms with Crippen molar-refractivity contribution in [3.8, 4) is 0 Å². The second-order valence-electron chi connectivity index (χ2n) is 3.05. The SMILES string of the molecule is CCNC(=O)CNc1cc(Br)c(F)cc1F. The largest absolute Gasteiger partial charge is 0.374 e. The molecule has 0 aromatic heterocycles. The number of hydrogen-bond donors (Lipinski definition) is 2. The quantitative estimate of drug-likeness (QED) is 0.836. The summed E-state index contributed by atoms with van der Waals surface area (Å²) < 4.78 is 26.2. The van der Waals surface area contributed by atoms with Crippen molar-refractivity contribution >= 4 is 27.5 Å². The molecule has 0 spiro atoms. The Balaban J connectivity index is 2.67. The lowest BCUT2D eigenvalue weighted by atomic mass is 10.3. The number of nitrogens with one attached hydrogen (secondary N) is 2. The van der Waals surface area contributed by atoms with Crippen LogP contribution in [0.2, 0.25) is 0 Å². The highest BCUT2D eigenvalue weighted by Gasteiger charge is 2.08. The highest BCUT2D eigenvalue weighted by Crippen LogP contribution is 2.23. The Kier molecular flexibility index (Phi) is 4.67. The Labute approximate surface area is 100 Å². The minimum Gasteiger partial charge on any atom is -0.374 e. The number of likely N-dealkylation sites (N-methyl/N-ethyl adjacent to an activating group) is 1. The van der Waals surface area contributed by atoms with Crippen molar-refractivity contribution in [2.24, 2.45) is 0 Å². The number of hydrogen-bond acceptors (Lipinski definition) is 2. The van der Waals surface area contributed by atoms with E-state index in [1.54, 1.807) is 6.92 Å². The molecule has 88 valence electrons. The summed E-state index contributed by atoms with van der Waals surface area (Å²) in [5, 5.41) is 5.13. The molecular weight excluding hydrogens is 282 g/mol. The van der Waals surface area contributed by atoms with Gasteiger partial charge in [-0.05, 0) is 28.9 Å². The summed E-state index contributed by atoms with van der Waals surface area (Å²) >= 11 is 2.94. The summed E-state index contributed by atoms with van der Waals surface area (Å²) in [4.78, 5) is 11.1. The molecule has 0 heterocycles. The topological polar surface area (TPSA) is 41.1 Å². The maximum absolute atomic E-state index is 13.2. The van der Waals surface area contributed by atoms with E-state index in [0.717, 1.165) is 6.07 Å². The Bertz CT molecular complexity index is 399. The van der Waals surface area contributed by atoms with Crippen molar-refractivity contribution in [1.29, 1.82) is 0 Å². The van der Waals surface area contributed by atoms with Crippen LogP contribution in [0.4, 0.5) is 14.5 Å². The van der Waals surface area contributed by atoms with Crippen molar-refractivity contribution < 1.29 is 13.6 Å². The molecule has 0 unspecified atom stereocenters. The van der Waals surface area contributed by atoms with Crippen LogP contribution in [0.15, 0.2) is 16.6 Å². The molecule has 0 saturated carbocycles. The third-order valence-corrected chi connectivity index (χ3v) is 2.43. The molecule has 1 amide bonds. The normalized spacial score (nSPS) is 10.0. The van der Waals surface area contributed by atoms with Crippen molar-refractivity contribution in [3.05, 3.63) is 28.2 Å².